The molecule has 18 heavy (non-hydrogen) atoms. The number of aliphatic hydroxyl groups excluding tert-OH is 1. The zero-order valence-corrected chi connectivity index (χ0v) is 11.1. The van der Waals surface area contributed by atoms with Gasteiger partial charge in [0, 0.05) is 30.0 Å². The number of thiophene rings is 1. The van der Waals surface area contributed by atoms with E-state index >= 15 is 0 Å². The smallest absolute Gasteiger partial charge is 0.345 e. The van der Waals surface area contributed by atoms with E-state index < -0.39 is 5.97 Å². The Balaban J connectivity index is 1.82. The second-order valence-corrected chi connectivity index (χ2v) is 6.21. The van der Waals surface area contributed by atoms with E-state index in [1.54, 1.807) is 6.07 Å². The summed E-state index contributed by atoms with van der Waals surface area (Å²) in [6.45, 7) is 1.73. The van der Waals surface area contributed by atoms with Gasteiger partial charge in [-0.2, -0.15) is 0 Å². The van der Waals surface area contributed by atoms with Crippen LogP contribution in [0.15, 0.2) is 12.1 Å². The van der Waals surface area contributed by atoms with Crippen LogP contribution in [0, 0.1) is 5.41 Å². The Labute approximate surface area is 111 Å². The van der Waals surface area contributed by atoms with Gasteiger partial charge in [0.25, 0.3) is 0 Å². The van der Waals surface area contributed by atoms with Crippen LogP contribution < -0.4 is 5.32 Å². The van der Waals surface area contributed by atoms with Crippen LogP contribution in [0.4, 0.5) is 0 Å². The fourth-order valence-electron chi connectivity index (χ4n) is 2.55. The van der Waals surface area contributed by atoms with Gasteiger partial charge in [-0.3, -0.25) is 0 Å². The number of hydrogen-bond donors (Lipinski definition) is 3. The Morgan fingerprint density at radius 1 is 1.39 bits per heavy atom. The lowest BCUT2D eigenvalue weighted by molar-refractivity contribution is 0.0702. The molecule has 0 aliphatic heterocycles. The predicted octanol–water partition coefficient (Wildman–Crippen LogP) is 2.09. The standard InChI is InChI=1S/C13H19NO3S/c15-9-13(5-1-2-6-13)8-14-7-10-3-4-11(18-10)12(16)17/h3-4,14-15H,1-2,5-9H2,(H,16,17). The largest absolute Gasteiger partial charge is 0.477 e. The predicted molar refractivity (Wildman–Crippen MR) is 71.0 cm³/mol. The minimum atomic E-state index is -0.867. The average Bonchev–Trinajstić information content (AvgIpc) is 2.98. The van der Waals surface area contributed by atoms with Crippen LogP contribution >= 0.6 is 11.3 Å². The summed E-state index contributed by atoms with van der Waals surface area (Å²) < 4.78 is 0. The molecule has 1 heterocycles. The minimum absolute atomic E-state index is 0.0485. The molecule has 4 nitrogen and oxygen atoms in total. The van der Waals surface area contributed by atoms with E-state index in [2.05, 4.69) is 5.32 Å². The summed E-state index contributed by atoms with van der Waals surface area (Å²) in [5.41, 5.74) is 0.0485. The number of rotatable bonds is 6. The van der Waals surface area contributed by atoms with Crippen LogP contribution in [0.2, 0.25) is 0 Å². The van der Waals surface area contributed by atoms with Crippen LogP contribution in [0.25, 0.3) is 0 Å². The number of carbonyl (C=O) groups is 1. The molecule has 0 spiro atoms. The number of aromatic carboxylic acids is 1. The Kier molecular flexibility index (Phi) is 4.37. The van der Waals surface area contributed by atoms with Crippen LogP contribution in [0.3, 0.4) is 0 Å². The third kappa shape index (κ3) is 3.10. The third-order valence-electron chi connectivity index (χ3n) is 3.67. The van der Waals surface area contributed by atoms with E-state index in [9.17, 15) is 9.90 Å². The summed E-state index contributed by atoms with van der Waals surface area (Å²) in [6.07, 6.45) is 4.57. The van der Waals surface area contributed by atoms with Crippen molar-refractivity contribution in [3.05, 3.63) is 21.9 Å². The number of hydrogen-bond acceptors (Lipinski definition) is 4. The second kappa shape index (κ2) is 5.82. The summed E-state index contributed by atoms with van der Waals surface area (Å²) in [7, 11) is 0. The Morgan fingerprint density at radius 2 is 2.11 bits per heavy atom. The summed E-state index contributed by atoms with van der Waals surface area (Å²) >= 11 is 1.31. The van der Waals surface area contributed by atoms with Gasteiger partial charge in [0.05, 0.1) is 0 Å². The fourth-order valence-corrected chi connectivity index (χ4v) is 3.37. The molecule has 0 saturated heterocycles. The van der Waals surface area contributed by atoms with Gasteiger partial charge in [-0.15, -0.1) is 11.3 Å². The molecule has 1 saturated carbocycles. The molecular formula is C13H19NO3S. The molecule has 5 heteroatoms. The number of carboxylic acids is 1. The lowest BCUT2D eigenvalue weighted by Gasteiger charge is -2.26. The first kappa shape index (κ1) is 13.5. The quantitative estimate of drug-likeness (QED) is 0.739. The van der Waals surface area contributed by atoms with E-state index in [1.807, 2.05) is 6.07 Å². The van der Waals surface area contributed by atoms with Crippen molar-refractivity contribution in [1.29, 1.82) is 0 Å². The van der Waals surface area contributed by atoms with Crippen LogP contribution in [0.5, 0.6) is 0 Å². The monoisotopic (exact) mass is 269 g/mol. The van der Waals surface area contributed by atoms with Crippen molar-refractivity contribution < 1.29 is 15.0 Å². The SMILES string of the molecule is O=C(O)c1ccc(CNCC2(CO)CCCC2)s1. The molecule has 1 aromatic heterocycles. The van der Waals surface area contributed by atoms with Gasteiger partial charge in [-0.05, 0) is 25.0 Å². The molecule has 0 radical (unpaired) electrons. The van der Waals surface area contributed by atoms with E-state index in [-0.39, 0.29) is 12.0 Å². The van der Waals surface area contributed by atoms with E-state index in [0.717, 1.165) is 24.3 Å². The molecule has 1 aromatic rings. The highest BCUT2D eigenvalue weighted by atomic mass is 32.1. The highest BCUT2D eigenvalue weighted by Gasteiger charge is 2.32. The minimum Gasteiger partial charge on any atom is -0.477 e. The molecule has 1 fully saturated rings. The maximum atomic E-state index is 10.8. The second-order valence-electron chi connectivity index (χ2n) is 5.04. The van der Waals surface area contributed by atoms with Crippen molar-refractivity contribution >= 4 is 17.3 Å². The molecule has 0 amide bonds. The highest BCUT2D eigenvalue weighted by Crippen LogP contribution is 2.36. The molecule has 100 valence electrons. The first-order chi connectivity index (χ1) is 8.65. The molecule has 3 N–H and O–H groups in total. The first-order valence-corrected chi connectivity index (χ1v) is 7.10. The fraction of sp³-hybridized carbons (Fsp3) is 0.615. The average molecular weight is 269 g/mol. The number of carboxylic acid groups (broad SMARTS) is 1. The van der Waals surface area contributed by atoms with E-state index in [1.165, 1.54) is 24.2 Å². The maximum Gasteiger partial charge on any atom is 0.345 e. The molecular weight excluding hydrogens is 250 g/mol. The summed E-state index contributed by atoms with van der Waals surface area (Å²) in [4.78, 5) is 12.2. The molecule has 0 atom stereocenters. The van der Waals surface area contributed by atoms with Crippen LogP contribution in [0.1, 0.15) is 40.2 Å². The van der Waals surface area contributed by atoms with Gasteiger partial charge in [-0.25, -0.2) is 4.79 Å². The Morgan fingerprint density at radius 3 is 2.67 bits per heavy atom. The third-order valence-corrected chi connectivity index (χ3v) is 4.74. The lowest BCUT2D eigenvalue weighted by atomic mass is 9.87. The zero-order chi connectivity index (χ0) is 13.0. The Bertz CT molecular complexity index is 410. The summed E-state index contributed by atoms with van der Waals surface area (Å²) in [5, 5.41) is 21.7. The van der Waals surface area contributed by atoms with Crippen molar-refractivity contribution in [2.24, 2.45) is 5.41 Å². The van der Waals surface area contributed by atoms with Gasteiger partial charge in [0.15, 0.2) is 0 Å². The molecule has 1 aliphatic carbocycles. The van der Waals surface area contributed by atoms with Crippen LogP contribution in [-0.4, -0.2) is 29.3 Å². The van der Waals surface area contributed by atoms with Crippen molar-refractivity contribution in [2.75, 3.05) is 13.2 Å². The van der Waals surface area contributed by atoms with E-state index in [4.69, 9.17) is 5.11 Å². The highest BCUT2D eigenvalue weighted by molar-refractivity contribution is 7.13. The first-order valence-electron chi connectivity index (χ1n) is 6.29. The van der Waals surface area contributed by atoms with Gasteiger partial charge >= 0.3 is 5.97 Å². The zero-order valence-electron chi connectivity index (χ0n) is 10.3. The van der Waals surface area contributed by atoms with Gasteiger partial charge in [0.2, 0.25) is 0 Å². The molecule has 0 unspecified atom stereocenters. The molecule has 0 bridgehead atoms. The van der Waals surface area contributed by atoms with Crippen molar-refractivity contribution in [2.45, 2.75) is 32.2 Å². The summed E-state index contributed by atoms with van der Waals surface area (Å²) in [5.74, 6) is -0.867. The Hall–Kier alpha value is -0.910. The van der Waals surface area contributed by atoms with Gasteiger partial charge in [-0.1, -0.05) is 12.8 Å². The molecule has 0 aromatic carbocycles. The summed E-state index contributed by atoms with van der Waals surface area (Å²) in [6, 6.07) is 3.49. The molecule has 2 rings (SSSR count). The van der Waals surface area contributed by atoms with Crippen molar-refractivity contribution in [3.8, 4) is 0 Å². The lowest BCUT2D eigenvalue weighted by Crippen LogP contribution is -2.34. The normalized spacial score (nSPS) is 18.1. The number of nitrogens with one attached hydrogen (secondary N) is 1. The van der Waals surface area contributed by atoms with Crippen LogP contribution in [-0.2, 0) is 6.54 Å². The topological polar surface area (TPSA) is 69.6 Å². The maximum absolute atomic E-state index is 10.8. The van der Waals surface area contributed by atoms with Gasteiger partial charge in [0.1, 0.15) is 4.88 Å². The van der Waals surface area contributed by atoms with Gasteiger partial charge < -0.3 is 15.5 Å². The van der Waals surface area contributed by atoms with Crippen molar-refractivity contribution in [3.63, 3.8) is 0 Å². The molecule has 1 aliphatic rings. The number of aliphatic hydroxyl groups is 1. The van der Waals surface area contributed by atoms with E-state index in [0.29, 0.717) is 11.4 Å². The van der Waals surface area contributed by atoms with Crippen molar-refractivity contribution in [1.82, 2.24) is 5.32 Å².